The maximum atomic E-state index is 6.68. The number of aromatic nitrogens is 1. The van der Waals surface area contributed by atoms with Gasteiger partial charge in [0, 0.05) is 5.56 Å². The molecule has 0 aromatic carbocycles. The molecule has 50 valence electrons. The van der Waals surface area contributed by atoms with E-state index in [0.29, 0.717) is 0 Å². The van der Waals surface area contributed by atoms with E-state index in [9.17, 15) is 0 Å². The quantitative estimate of drug-likeness (QED) is 0.597. The highest BCUT2D eigenvalue weighted by atomic mass is 16.5. The molecular formula is C6H5N3O. The molecule has 0 radical (unpaired) electrons. The lowest BCUT2D eigenvalue weighted by Gasteiger charge is -1.87. The van der Waals surface area contributed by atoms with Crippen LogP contribution in [0.25, 0.3) is 11.3 Å². The molecule has 10 heavy (non-hydrogen) atoms. The van der Waals surface area contributed by atoms with E-state index in [1.54, 1.807) is 6.26 Å². The first-order valence-electron chi connectivity index (χ1n) is 2.85. The lowest BCUT2D eigenvalue weighted by molar-refractivity contribution is 0.288. The van der Waals surface area contributed by atoms with Crippen LogP contribution in [0.3, 0.4) is 0 Å². The number of hydrogen-bond donors (Lipinski definition) is 1. The summed E-state index contributed by atoms with van der Waals surface area (Å²) in [5, 5.41) is 3.13. The molecule has 0 amide bonds. The van der Waals surface area contributed by atoms with Crippen molar-refractivity contribution >= 4 is 0 Å². The molecule has 4 nitrogen and oxygen atoms in total. The van der Waals surface area contributed by atoms with Crippen LogP contribution in [0.1, 0.15) is 0 Å². The summed E-state index contributed by atoms with van der Waals surface area (Å²) in [7, 11) is 0. The van der Waals surface area contributed by atoms with E-state index in [0.717, 1.165) is 16.1 Å². The van der Waals surface area contributed by atoms with Crippen molar-refractivity contribution < 1.29 is 4.52 Å². The van der Waals surface area contributed by atoms with E-state index in [1.807, 2.05) is 18.2 Å². The molecule has 1 N–H and O–H groups in total. The Kier molecular flexibility index (Phi) is 0.887. The van der Waals surface area contributed by atoms with E-state index in [1.165, 1.54) is 0 Å². The highest BCUT2D eigenvalue weighted by Crippen LogP contribution is 2.23. The summed E-state index contributed by atoms with van der Waals surface area (Å²) in [6, 6.07) is 5.64. The molecule has 2 rings (SSSR count). The number of fused-ring (bicyclic) bond motifs is 1. The van der Waals surface area contributed by atoms with Crippen LogP contribution >= 0.6 is 0 Å². The predicted octanol–water partition coefficient (Wildman–Crippen LogP) is 1.98. The van der Waals surface area contributed by atoms with Gasteiger partial charge in [-0.15, -0.1) is 0 Å². The maximum absolute atomic E-state index is 6.68. The second-order valence-electron chi connectivity index (χ2n) is 1.96. The maximum Gasteiger partial charge on any atom is 0.131 e. The summed E-state index contributed by atoms with van der Waals surface area (Å²) in [5.74, 6) is 0. The minimum atomic E-state index is 0.829. The largest absolute Gasteiger partial charge is 0.363 e. The zero-order valence-electron chi connectivity index (χ0n) is 5.11. The Balaban J connectivity index is 2.71. The molecule has 0 unspecified atom stereocenters. The molecule has 1 aliphatic carbocycles. The normalized spacial score (nSPS) is 10.4. The summed E-state index contributed by atoms with van der Waals surface area (Å²) >= 11 is 0. The van der Waals surface area contributed by atoms with Gasteiger partial charge in [-0.1, -0.05) is 10.9 Å². The number of nitrogens with one attached hydrogen (secondary N) is 1. The van der Waals surface area contributed by atoms with Crippen molar-refractivity contribution in [2.45, 2.75) is 0 Å². The Morgan fingerprint density at radius 2 is 2.40 bits per heavy atom. The predicted molar refractivity (Wildman–Crippen MR) is 33.9 cm³/mol. The minimum absolute atomic E-state index is 0.829. The van der Waals surface area contributed by atoms with E-state index in [2.05, 4.69) is 5.22 Å². The first-order valence-corrected chi connectivity index (χ1v) is 2.85. The summed E-state index contributed by atoms with van der Waals surface area (Å²) in [5.41, 5.74) is 8.47. The van der Waals surface area contributed by atoms with Crippen molar-refractivity contribution in [1.82, 2.24) is 4.85 Å². The van der Waals surface area contributed by atoms with Gasteiger partial charge in [0.1, 0.15) is 12.0 Å². The average molecular weight is 135 g/mol. The average Bonchev–Trinajstić information content (AvgIpc) is 2.44. The van der Waals surface area contributed by atoms with Crippen LogP contribution in [-0.2, 0) is 0 Å². The molecule has 0 spiro atoms. The standard InChI is InChI=1S/C6H5N3O/c7-8-9-6-3-1-2-5(6)4-10-9/h1-4,7H. The number of nitrogens with zero attached hydrogens (tertiary/aromatic N) is 2. The Morgan fingerprint density at radius 1 is 1.50 bits per heavy atom. The Hall–Kier alpha value is -1.58. The fourth-order valence-corrected chi connectivity index (χ4v) is 0.939. The monoisotopic (exact) mass is 135 g/mol. The molecule has 0 fully saturated rings. The van der Waals surface area contributed by atoms with Gasteiger partial charge in [0.2, 0.25) is 0 Å². The van der Waals surface area contributed by atoms with E-state index in [-0.39, 0.29) is 0 Å². The van der Waals surface area contributed by atoms with Gasteiger partial charge in [0.25, 0.3) is 0 Å². The Morgan fingerprint density at radius 3 is 3.20 bits per heavy atom. The third kappa shape index (κ3) is 0.500. The molecule has 0 bridgehead atoms. The van der Waals surface area contributed by atoms with Gasteiger partial charge in [-0.25, -0.2) is 0 Å². The second kappa shape index (κ2) is 1.70. The zero-order valence-corrected chi connectivity index (χ0v) is 5.11. The van der Waals surface area contributed by atoms with Gasteiger partial charge >= 0.3 is 0 Å². The highest BCUT2D eigenvalue weighted by Gasteiger charge is 2.08. The van der Waals surface area contributed by atoms with Crippen LogP contribution in [0.5, 0.6) is 0 Å². The molecule has 0 aromatic heterocycles. The van der Waals surface area contributed by atoms with Crippen LogP contribution in [0.2, 0.25) is 0 Å². The molecule has 2 aliphatic rings. The van der Waals surface area contributed by atoms with Crippen molar-refractivity contribution in [2.24, 2.45) is 5.22 Å². The third-order valence-electron chi connectivity index (χ3n) is 1.40. The molecule has 0 saturated heterocycles. The van der Waals surface area contributed by atoms with E-state index >= 15 is 0 Å². The lowest BCUT2D eigenvalue weighted by Crippen LogP contribution is -1.81. The fourth-order valence-electron chi connectivity index (χ4n) is 0.939. The summed E-state index contributed by atoms with van der Waals surface area (Å²) in [4.78, 5) is 1.16. The van der Waals surface area contributed by atoms with Crippen molar-refractivity contribution in [2.75, 3.05) is 0 Å². The van der Waals surface area contributed by atoms with Crippen LogP contribution in [0.4, 0.5) is 0 Å². The molecular weight excluding hydrogens is 130 g/mol. The van der Waals surface area contributed by atoms with Crippen LogP contribution in [0.15, 0.2) is 34.2 Å². The molecule has 1 heterocycles. The van der Waals surface area contributed by atoms with Crippen molar-refractivity contribution in [3.8, 4) is 11.3 Å². The number of rotatable bonds is 1. The van der Waals surface area contributed by atoms with Gasteiger partial charge in [-0.3, -0.25) is 0 Å². The molecule has 0 aromatic rings. The first-order chi connectivity index (χ1) is 4.92. The van der Waals surface area contributed by atoms with Gasteiger partial charge in [-0.2, -0.15) is 5.53 Å². The van der Waals surface area contributed by atoms with Gasteiger partial charge in [0.15, 0.2) is 0 Å². The Bertz CT molecular complexity index is 322. The van der Waals surface area contributed by atoms with Crippen LogP contribution in [-0.4, -0.2) is 4.85 Å². The first kappa shape index (κ1) is 5.22. The topological polar surface area (TPSA) is 54.3 Å². The Labute approximate surface area is 56.8 Å². The third-order valence-corrected chi connectivity index (χ3v) is 1.40. The van der Waals surface area contributed by atoms with E-state index < -0.39 is 0 Å². The van der Waals surface area contributed by atoms with Gasteiger partial charge in [-0.05, 0) is 17.4 Å². The van der Waals surface area contributed by atoms with Crippen LogP contribution < -0.4 is 0 Å². The second-order valence-corrected chi connectivity index (χ2v) is 1.96. The van der Waals surface area contributed by atoms with Crippen molar-refractivity contribution in [1.29, 1.82) is 5.53 Å². The molecule has 1 aliphatic heterocycles. The molecule has 0 atom stereocenters. The highest BCUT2D eigenvalue weighted by molar-refractivity contribution is 5.60. The summed E-state index contributed by atoms with van der Waals surface area (Å²) in [6.45, 7) is 0. The van der Waals surface area contributed by atoms with Crippen molar-refractivity contribution in [3.05, 3.63) is 24.5 Å². The smallest absolute Gasteiger partial charge is 0.131 e. The number of hydrogen-bond acceptors (Lipinski definition) is 3. The zero-order chi connectivity index (χ0) is 6.97. The van der Waals surface area contributed by atoms with Gasteiger partial charge in [0.05, 0.1) is 0 Å². The minimum Gasteiger partial charge on any atom is -0.363 e. The molecule has 0 saturated carbocycles. The summed E-state index contributed by atoms with van der Waals surface area (Å²) < 4.78 is 4.87. The summed E-state index contributed by atoms with van der Waals surface area (Å²) in [6.07, 6.45) is 1.56. The SMILES string of the molecule is N=Nn1occ2cccc1-2. The van der Waals surface area contributed by atoms with Crippen molar-refractivity contribution in [3.63, 3.8) is 0 Å². The molecule has 4 heteroatoms. The fraction of sp³-hybridized carbons (Fsp3) is 0. The van der Waals surface area contributed by atoms with Crippen LogP contribution in [0, 0.1) is 5.53 Å². The van der Waals surface area contributed by atoms with E-state index in [4.69, 9.17) is 10.1 Å². The lowest BCUT2D eigenvalue weighted by atomic mass is 10.3. The van der Waals surface area contributed by atoms with Gasteiger partial charge < -0.3 is 4.52 Å².